The van der Waals surface area contributed by atoms with Crippen molar-refractivity contribution in [1.29, 1.82) is 0 Å². The van der Waals surface area contributed by atoms with Gasteiger partial charge in [-0.05, 0) is 0 Å². The molecule has 0 aliphatic rings. The topological polar surface area (TPSA) is 14.2 Å². The van der Waals surface area contributed by atoms with Crippen LogP contribution in [0, 0.1) is 22.2 Å². The van der Waals surface area contributed by atoms with Crippen molar-refractivity contribution in [3.05, 3.63) is 28.3 Å². The summed E-state index contributed by atoms with van der Waals surface area (Å²) in [4.78, 5) is 4.34. The smallest absolute Gasteiger partial charge is 0.231 e. The highest BCUT2D eigenvalue weighted by molar-refractivity contribution is 7.71. The Morgan fingerprint density at radius 2 is 2.00 bits per heavy atom. The lowest BCUT2D eigenvalue weighted by Gasteiger charge is -2.05. The van der Waals surface area contributed by atoms with Crippen LogP contribution in [-0.2, 0) is 0 Å². The fourth-order valence-corrected chi connectivity index (χ4v) is 0.944. The minimum atomic E-state index is -1.33. The molecule has 66 valence electrons. The maximum Gasteiger partial charge on any atom is 0.231 e. The Morgan fingerprint density at radius 1 is 1.42 bits per heavy atom. The molecule has 1 heterocycles. The molecule has 0 aliphatic heterocycles. The first-order chi connectivity index (χ1) is 5.57. The second-order valence-electron chi connectivity index (χ2n) is 1.91. The molecule has 6 heteroatoms. The first kappa shape index (κ1) is 9.05. The standard InChI is InChI=1S/C6H4F3NOS/c1-11-10-4(8)2-3(7)5(9)6(10)12/h2H,1H3. The minimum Gasteiger partial charge on any atom is -0.413 e. The molecule has 0 unspecified atom stereocenters. The SMILES string of the molecule is COn1c(F)cc(F)c(F)c1=S. The maximum atomic E-state index is 12.7. The number of rotatable bonds is 1. The van der Waals surface area contributed by atoms with Crippen LogP contribution in [0.5, 0.6) is 0 Å². The van der Waals surface area contributed by atoms with Crippen LogP contribution < -0.4 is 4.84 Å². The van der Waals surface area contributed by atoms with E-state index in [9.17, 15) is 13.2 Å². The third kappa shape index (κ3) is 1.29. The molecule has 1 rings (SSSR count). The Hall–Kier alpha value is -1.04. The second-order valence-corrected chi connectivity index (χ2v) is 2.30. The average molecular weight is 195 g/mol. The maximum absolute atomic E-state index is 12.7. The van der Waals surface area contributed by atoms with Crippen LogP contribution >= 0.6 is 12.2 Å². The van der Waals surface area contributed by atoms with Crippen molar-refractivity contribution < 1.29 is 18.0 Å². The van der Waals surface area contributed by atoms with Crippen LogP contribution in [0.15, 0.2) is 6.07 Å². The first-order valence-electron chi connectivity index (χ1n) is 2.89. The van der Waals surface area contributed by atoms with Gasteiger partial charge in [0.25, 0.3) is 0 Å². The van der Waals surface area contributed by atoms with Crippen molar-refractivity contribution in [2.45, 2.75) is 0 Å². The van der Waals surface area contributed by atoms with Gasteiger partial charge in [-0.2, -0.15) is 4.39 Å². The quantitative estimate of drug-likeness (QED) is 0.500. The molecular weight excluding hydrogens is 191 g/mol. The fourth-order valence-electron chi connectivity index (χ4n) is 0.685. The van der Waals surface area contributed by atoms with Crippen LogP contribution in [0.3, 0.4) is 0 Å². The number of hydrogen-bond acceptors (Lipinski definition) is 2. The van der Waals surface area contributed by atoms with Gasteiger partial charge in [0, 0.05) is 6.07 Å². The Labute approximate surface area is 71.1 Å². The molecule has 0 bridgehead atoms. The van der Waals surface area contributed by atoms with Gasteiger partial charge in [0.1, 0.15) is 7.11 Å². The molecule has 2 nitrogen and oxygen atoms in total. The monoisotopic (exact) mass is 195 g/mol. The Morgan fingerprint density at radius 3 is 2.50 bits per heavy atom. The molecule has 0 N–H and O–H groups in total. The fraction of sp³-hybridized carbons (Fsp3) is 0.167. The highest BCUT2D eigenvalue weighted by Gasteiger charge is 2.11. The molecule has 0 atom stereocenters. The second kappa shape index (κ2) is 3.14. The molecule has 12 heavy (non-hydrogen) atoms. The van der Waals surface area contributed by atoms with Gasteiger partial charge < -0.3 is 4.84 Å². The summed E-state index contributed by atoms with van der Waals surface area (Å²) in [5.74, 6) is -3.71. The molecule has 0 spiro atoms. The summed E-state index contributed by atoms with van der Waals surface area (Å²) in [5.41, 5.74) is 0. The van der Waals surface area contributed by atoms with Crippen molar-refractivity contribution in [2.75, 3.05) is 7.11 Å². The summed E-state index contributed by atoms with van der Waals surface area (Å²) >= 11 is 4.35. The lowest BCUT2D eigenvalue weighted by Crippen LogP contribution is -2.14. The lowest BCUT2D eigenvalue weighted by atomic mass is 10.4. The van der Waals surface area contributed by atoms with Crippen molar-refractivity contribution >= 4 is 12.2 Å². The van der Waals surface area contributed by atoms with Crippen molar-refractivity contribution in [1.82, 2.24) is 4.73 Å². The van der Waals surface area contributed by atoms with Gasteiger partial charge in [-0.15, -0.1) is 4.73 Å². The predicted octanol–water partition coefficient (Wildman–Crippen LogP) is 1.69. The van der Waals surface area contributed by atoms with Crippen molar-refractivity contribution in [2.24, 2.45) is 0 Å². The van der Waals surface area contributed by atoms with Crippen LogP contribution in [0.2, 0.25) is 0 Å². The van der Waals surface area contributed by atoms with Gasteiger partial charge in [-0.3, -0.25) is 0 Å². The average Bonchev–Trinajstić information content (AvgIpc) is 2.01. The molecule has 0 aliphatic carbocycles. The van der Waals surface area contributed by atoms with E-state index in [4.69, 9.17) is 0 Å². The van der Waals surface area contributed by atoms with Crippen LogP contribution in [0.1, 0.15) is 0 Å². The molecule has 1 aromatic rings. The summed E-state index contributed by atoms with van der Waals surface area (Å²) < 4.78 is 37.4. The summed E-state index contributed by atoms with van der Waals surface area (Å²) in [6.07, 6.45) is 0. The zero-order chi connectivity index (χ0) is 9.30. The number of pyridine rings is 1. The van der Waals surface area contributed by atoms with E-state index in [1.807, 2.05) is 0 Å². The van der Waals surface area contributed by atoms with Gasteiger partial charge >= 0.3 is 0 Å². The van der Waals surface area contributed by atoms with Crippen LogP contribution in [-0.4, -0.2) is 11.8 Å². The third-order valence-electron chi connectivity index (χ3n) is 1.20. The highest BCUT2D eigenvalue weighted by Crippen LogP contribution is 2.09. The van der Waals surface area contributed by atoms with E-state index in [0.717, 1.165) is 7.11 Å². The van der Waals surface area contributed by atoms with Crippen molar-refractivity contribution in [3.63, 3.8) is 0 Å². The Bertz CT molecular complexity index is 363. The number of nitrogens with zero attached hydrogens (tertiary/aromatic N) is 1. The van der Waals surface area contributed by atoms with E-state index < -0.39 is 22.2 Å². The zero-order valence-corrected chi connectivity index (χ0v) is 6.79. The molecular formula is C6H4F3NOS. The van der Waals surface area contributed by atoms with E-state index in [1.54, 1.807) is 0 Å². The van der Waals surface area contributed by atoms with E-state index in [-0.39, 0.29) is 0 Å². The predicted molar refractivity (Wildman–Crippen MR) is 37.6 cm³/mol. The van der Waals surface area contributed by atoms with E-state index >= 15 is 0 Å². The summed E-state index contributed by atoms with van der Waals surface area (Å²) in [6, 6.07) is 0.356. The summed E-state index contributed by atoms with van der Waals surface area (Å²) in [7, 11) is 1.09. The molecule has 0 aromatic carbocycles. The number of hydrogen-bond donors (Lipinski definition) is 0. The van der Waals surface area contributed by atoms with E-state index in [2.05, 4.69) is 17.1 Å². The van der Waals surface area contributed by atoms with Gasteiger partial charge in [0.15, 0.2) is 16.3 Å². The van der Waals surface area contributed by atoms with Gasteiger partial charge in [-0.1, -0.05) is 12.2 Å². The number of halogens is 3. The lowest BCUT2D eigenvalue weighted by molar-refractivity contribution is 0.122. The minimum absolute atomic E-state index is 0.356. The van der Waals surface area contributed by atoms with Gasteiger partial charge in [0.05, 0.1) is 0 Å². The molecule has 0 saturated heterocycles. The van der Waals surface area contributed by atoms with Crippen LogP contribution in [0.4, 0.5) is 13.2 Å². The first-order valence-corrected chi connectivity index (χ1v) is 3.29. The largest absolute Gasteiger partial charge is 0.413 e. The van der Waals surface area contributed by atoms with E-state index in [0.29, 0.717) is 10.8 Å². The molecule has 0 radical (unpaired) electrons. The van der Waals surface area contributed by atoms with Crippen LogP contribution in [0.25, 0.3) is 0 Å². The Kier molecular flexibility index (Phi) is 2.37. The molecule has 0 amide bonds. The highest BCUT2D eigenvalue weighted by atomic mass is 32.1. The Balaban J connectivity index is 3.52. The van der Waals surface area contributed by atoms with Gasteiger partial charge in [0.2, 0.25) is 5.95 Å². The summed E-state index contributed by atoms with van der Waals surface area (Å²) in [6.45, 7) is 0. The summed E-state index contributed by atoms with van der Waals surface area (Å²) in [5, 5.41) is 0. The molecule has 1 aromatic heterocycles. The number of aromatic nitrogens is 1. The third-order valence-corrected chi connectivity index (χ3v) is 1.55. The van der Waals surface area contributed by atoms with E-state index in [1.165, 1.54) is 0 Å². The van der Waals surface area contributed by atoms with Crippen molar-refractivity contribution in [3.8, 4) is 0 Å². The zero-order valence-electron chi connectivity index (χ0n) is 5.97. The van der Waals surface area contributed by atoms with Gasteiger partial charge in [-0.25, -0.2) is 8.78 Å². The normalized spacial score (nSPS) is 10.0. The molecule has 0 fully saturated rings. The molecule has 0 saturated carbocycles.